The summed E-state index contributed by atoms with van der Waals surface area (Å²) < 4.78 is 46.4. The number of nitrogens with one attached hydrogen (secondary N) is 2. The van der Waals surface area contributed by atoms with Crippen LogP contribution >= 0.6 is 24.0 Å². The molecule has 0 radical (unpaired) electrons. The molecule has 1 atom stereocenters. The van der Waals surface area contributed by atoms with Gasteiger partial charge in [-0.1, -0.05) is 6.07 Å². The predicted octanol–water partition coefficient (Wildman–Crippen LogP) is 2.87. The summed E-state index contributed by atoms with van der Waals surface area (Å²) in [5.41, 5.74) is 0.772. The fourth-order valence-corrected chi connectivity index (χ4v) is 2.27. The second kappa shape index (κ2) is 11.4. The van der Waals surface area contributed by atoms with Gasteiger partial charge < -0.3 is 20.1 Å². The molecule has 0 spiro atoms. The van der Waals surface area contributed by atoms with Crippen LogP contribution < -0.4 is 15.4 Å². The van der Waals surface area contributed by atoms with E-state index in [9.17, 15) is 13.2 Å². The van der Waals surface area contributed by atoms with Gasteiger partial charge >= 0.3 is 6.18 Å². The lowest BCUT2D eigenvalue weighted by molar-refractivity contribution is -0.154. The topological polar surface area (TPSA) is 67.8 Å². The molecule has 1 unspecified atom stereocenters. The fourth-order valence-electron chi connectivity index (χ4n) is 2.27. The summed E-state index contributed by atoms with van der Waals surface area (Å²) in [7, 11) is 0. The minimum absolute atomic E-state index is 0. The molecule has 1 fully saturated rings. The Hall–Kier alpha value is -1.30. The number of guanidine groups is 1. The van der Waals surface area contributed by atoms with E-state index in [1.54, 1.807) is 6.07 Å². The SMILES string of the molecule is CCNC(=NCc1ccc(OCC(F)(F)F)nc1)NCC1CCCO1.I. The van der Waals surface area contributed by atoms with Gasteiger partial charge in [0.2, 0.25) is 5.88 Å². The Morgan fingerprint density at radius 1 is 1.38 bits per heavy atom. The van der Waals surface area contributed by atoms with Crippen molar-refractivity contribution >= 4 is 29.9 Å². The fraction of sp³-hybridized carbons (Fsp3) is 0.625. The highest BCUT2D eigenvalue weighted by Crippen LogP contribution is 2.17. The first-order valence-corrected chi connectivity index (χ1v) is 8.24. The van der Waals surface area contributed by atoms with Gasteiger partial charge in [0.05, 0.1) is 12.6 Å². The lowest BCUT2D eigenvalue weighted by Gasteiger charge is -2.14. The average molecular weight is 488 g/mol. The number of aromatic nitrogens is 1. The third kappa shape index (κ3) is 8.88. The van der Waals surface area contributed by atoms with Crippen molar-refractivity contribution in [3.63, 3.8) is 0 Å². The third-order valence-corrected chi connectivity index (χ3v) is 3.47. The Bertz CT molecular complexity index is 549. The molecule has 1 saturated heterocycles. The highest BCUT2D eigenvalue weighted by Gasteiger charge is 2.28. The number of aliphatic imine (C=N–C) groups is 1. The van der Waals surface area contributed by atoms with Crippen molar-refractivity contribution < 1.29 is 22.6 Å². The number of hydrogen-bond acceptors (Lipinski definition) is 4. The zero-order valence-electron chi connectivity index (χ0n) is 14.5. The van der Waals surface area contributed by atoms with Crippen molar-refractivity contribution in [2.24, 2.45) is 4.99 Å². The van der Waals surface area contributed by atoms with E-state index in [0.717, 1.165) is 31.6 Å². The van der Waals surface area contributed by atoms with E-state index >= 15 is 0 Å². The lowest BCUT2D eigenvalue weighted by Crippen LogP contribution is -2.41. The van der Waals surface area contributed by atoms with Crippen molar-refractivity contribution in [1.82, 2.24) is 15.6 Å². The number of ether oxygens (including phenoxy) is 2. The van der Waals surface area contributed by atoms with Crippen LogP contribution in [0.4, 0.5) is 13.2 Å². The molecule has 2 N–H and O–H groups in total. The van der Waals surface area contributed by atoms with E-state index in [-0.39, 0.29) is 36.0 Å². The van der Waals surface area contributed by atoms with Crippen LogP contribution in [0.5, 0.6) is 5.88 Å². The Balaban J connectivity index is 0.00000338. The Morgan fingerprint density at radius 3 is 2.77 bits per heavy atom. The molecule has 10 heteroatoms. The number of pyridine rings is 1. The molecule has 2 rings (SSSR count). The van der Waals surface area contributed by atoms with Crippen LogP contribution in [-0.4, -0.2) is 49.5 Å². The van der Waals surface area contributed by atoms with Crippen LogP contribution in [0.3, 0.4) is 0 Å². The van der Waals surface area contributed by atoms with Gasteiger partial charge in [0, 0.05) is 32.0 Å². The Morgan fingerprint density at radius 2 is 2.19 bits per heavy atom. The summed E-state index contributed by atoms with van der Waals surface area (Å²) in [5.74, 6) is 0.601. The van der Waals surface area contributed by atoms with E-state index in [1.165, 1.54) is 12.3 Å². The first kappa shape index (κ1) is 22.7. The van der Waals surface area contributed by atoms with Gasteiger partial charge in [-0.25, -0.2) is 9.98 Å². The summed E-state index contributed by atoms with van der Waals surface area (Å²) in [6.45, 7) is 3.18. The predicted molar refractivity (Wildman–Crippen MR) is 103 cm³/mol. The van der Waals surface area contributed by atoms with E-state index < -0.39 is 12.8 Å². The smallest absolute Gasteiger partial charge is 0.422 e. The minimum Gasteiger partial charge on any atom is -0.468 e. The van der Waals surface area contributed by atoms with Crippen molar-refractivity contribution in [3.8, 4) is 5.88 Å². The van der Waals surface area contributed by atoms with Crippen LogP contribution in [0, 0.1) is 0 Å². The summed E-state index contributed by atoms with van der Waals surface area (Å²) in [4.78, 5) is 8.30. The number of rotatable bonds is 7. The maximum absolute atomic E-state index is 12.1. The van der Waals surface area contributed by atoms with Gasteiger partial charge in [-0.3, -0.25) is 0 Å². The van der Waals surface area contributed by atoms with Crippen molar-refractivity contribution in [1.29, 1.82) is 0 Å². The molecule has 0 saturated carbocycles. The zero-order valence-corrected chi connectivity index (χ0v) is 16.8. The third-order valence-electron chi connectivity index (χ3n) is 3.47. The molecule has 6 nitrogen and oxygen atoms in total. The molecular formula is C16H24F3IN4O2. The molecule has 1 aromatic rings. The van der Waals surface area contributed by atoms with Crippen molar-refractivity contribution in [3.05, 3.63) is 23.9 Å². The summed E-state index contributed by atoms with van der Waals surface area (Å²) in [5, 5.41) is 6.36. The quantitative estimate of drug-likeness (QED) is 0.351. The average Bonchev–Trinajstić information content (AvgIpc) is 3.09. The van der Waals surface area contributed by atoms with E-state index in [4.69, 9.17) is 4.74 Å². The van der Waals surface area contributed by atoms with Crippen LogP contribution in [0.2, 0.25) is 0 Å². The molecule has 1 aromatic heterocycles. The normalized spacial score (nSPS) is 17.5. The minimum atomic E-state index is -4.37. The second-order valence-electron chi connectivity index (χ2n) is 5.62. The Kier molecular flexibility index (Phi) is 9.99. The van der Waals surface area contributed by atoms with Gasteiger partial charge in [-0.15, -0.1) is 24.0 Å². The van der Waals surface area contributed by atoms with Crippen LogP contribution in [0.1, 0.15) is 25.3 Å². The summed E-state index contributed by atoms with van der Waals surface area (Å²) in [6.07, 6.45) is -0.598. The second-order valence-corrected chi connectivity index (χ2v) is 5.62. The summed E-state index contributed by atoms with van der Waals surface area (Å²) >= 11 is 0. The van der Waals surface area contributed by atoms with Gasteiger partial charge in [0.1, 0.15) is 0 Å². The number of hydrogen-bond donors (Lipinski definition) is 2. The number of alkyl halides is 3. The largest absolute Gasteiger partial charge is 0.468 e. The number of nitrogens with zero attached hydrogens (tertiary/aromatic N) is 2. The Labute approximate surface area is 168 Å². The maximum Gasteiger partial charge on any atom is 0.422 e. The molecule has 0 bridgehead atoms. The van der Waals surface area contributed by atoms with Crippen molar-refractivity contribution in [2.75, 3.05) is 26.3 Å². The van der Waals surface area contributed by atoms with E-state index in [0.29, 0.717) is 19.0 Å². The molecule has 1 aliphatic rings. The molecule has 0 aliphatic carbocycles. The molecular weight excluding hydrogens is 464 g/mol. The van der Waals surface area contributed by atoms with Crippen LogP contribution in [0.15, 0.2) is 23.3 Å². The van der Waals surface area contributed by atoms with Crippen LogP contribution in [-0.2, 0) is 11.3 Å². The zero-order chi connectivity index (χ0) is 18.1. The van der Waals surface area contributed by atoms with E-state index in [1.807, 2.05) is 6.92 Å². The molecule has 1 aliphatic heterocycles. The van der Waals surface area contributed by atoms with Gasteiger partial charge in [-0.2, -0.15) is 13.2 Å². The summed E-state index contributed by atoms with van der Waals surface area (Å²) in [6, 6.07) is 3.05. The maximum atomic E-state index is 12.1. The van der Waals surface area contributed by atoms with Crippen molar-refractivity contribution in [2.45, 2.75) is 38.6 Å². The van der Waals surface area contributed by atoms with E-state index in [2.05, 4.69) is 25.3 Å². The van der Waals surface area contributed by atoms with Crippen LogP contribution in [0.25, 0.3) is 0 Å². The van der Waals surface area contributed by atoms with Gasteiger partial charge in [-0.05, 0) is 25.3 Å². The van der Waals surface area contributed by atoms with Gasteiger partial charge in [0.25, 0.3) is 0 Å². The molecule has 26 heavy (non-hydrogen) atoms. The highest BCUT2D eigenvalue weighted by molar-refractivity contribution is 14.0. The monoisotopic (exact) mass is 488 g/mol. The first-order chi connectivity index (χ1) is 12.0. The standard InChI is InChI=1S/C16H23F3N4O2.HI/c1-2-20-15(23-10-13-4-3-7-24-13)22-9-12-5-6-14(21-8-12)25-11-16(17,18)19;/h5-6,8,13H,2-4,7,9-11H2,1H3,(H2,20,22,23);1H. The molecule has 2 heterocycles. The lowest BCUT2D eigenvalue weighted by atomic mass is 10.2. The highest BCUT2D eigenvalue weighted by atomic mass is 127. The molecule has 0 aromatic carbocycles. The van der Waals surface area contributed by atoms with Gasteiger partial charge in [0.15, 0.2) is 12.6 Å². The molecule has 148 valence electrons. The number of halogens is 4. The first-order valence-electron chi connectivity index (χ1n) is 8.24. The molecule has 0 amide bonds.